The summed E-state index contributed by atoms with van der Waals surface area (Å²) in [6.07, 6.45) is 0.520. The maximum atomic E-state index is 11.8. The van der Waals surface area contributed by atoms with Gasteiger partial charge < -0.3 is 15.8 Å². The minimum absolute atomic E-state index is 0.0528. The summed E-state index contributed by atoms with van der Waals surface area (Å²) in [5.41, 5.74) is 0.513. The average molecular weight is 339 g/mol. The van der Waals surface area contributed by atoms with E-state index in [0.29, 0.717) is 30.1 Å². The van der Waals surface area contributed by atoms with E-state index in [0.717, 1.165) is 0 Å². The maximum Gasteiger partial charge on any atom is 0.308 e. The van der Waals surface area contributed by atoms with Gasteiger partial charge in [0.25, 0.3) is 5.91 Å². The van der Waals surface area contributed by atoms with Crippen molar-refractivity contribution in [2.24, 2.45) is 0 Å². The highest BCUT2D eigenvalue weighted by Crippen LogP contribution is 2.10. The molecule has 0 unspecified atom stereocenters. The highest BCUT2D eigenvalue weighted by atomic mass is 35.5. The molecule has 23 heavy (non-hydrogen) atoms. The number of carbonyl (C=O) groups is 2. The van der Waals surface area contributed by atoms with Crippen LogP contribution in [0.5, 0.6) is 0 Å². The van der Waals surface area contributed by atoms with Gasteiger partial charge in [0, 0.05) is 30.6 Å². The quantitative estimate of drug-likeness (QED) is 0.598. The van der Waals surface area contributed by atoms with Gasteiger partial charge in [0.15, 0.2) is 0 Å². The van der Waals surface area contributed by atoms with Gasteiger partial charge in [-0.2, -0.15) is 0 Å². The number of hydrogen-bond donors (Lipinski definition) is 2. The molecule has 0 bridgehead atoms. The number of halogens is 1. The van der Waals surface area contributed by atoms with Crippen LogP contribution in [-0.2, 0) is 0 Å². The number of rotatable bonds is 6. The summed E-state index contributed by atoms with van der Waals surface area (Å²) < 4.78 is 4.32. The van der Waals surface area contributed by atoms with Gasteiger partial charge in [-0.1, -0.05) is 17.7 Å². The fourth-order valence-corrected chi connectivity index (χ4v) is 2.00. The molecule has 9 heteroatoms. The summed E-state index contributed by atoms with van der Waals surface area (Å²) in [6, 6.07) is 6.62. The van der Waals surface area contributed by atoms with Gasteiger partial charge >= 0.3 is 11.6 Å². The van der Waals surface area contributed by atoms with Crippen LogP contribution in [0.3, 0.4) is 0 Å². The van der Waals surface area contributed by atoms with Gasteiger partial charge in [0.05, 0.1) is 5.16 Å². The summed E-state index contributed by atoms with van der Waals surface area (Å²) in [4.78, 5) is 23.8. The Kier molecular flexibility index (Phi) is 5.53. The standard InChI is InChI=1S/C14H15ClN4O4/c1-9-12(18-23-19(9)22)14(21)17-7-3-6-16-13(20)10-4-2-5-11(15)8-10/h2,4-5,8H,3,6-7H2,1H3,(H,16,20)(H,17,21). The second kappa shape index (κ2) is 7.59. The Morgan fingerprint density at radius 3 is 2.61 bits per heavy atom. The van der Waals surface area contributed by atoms with Crippen molar-refractivity contribution >= 4 is 23.4 Å². The van der Waals surface area contributed by atoms with E-state index in [2.05, 4.69) is 20.4 Å². The van der Waals surface area contributed by atoms with E-state index < -0.39 is 5.91 Å². The van der Waals surface area contributed by atoms with Crippen LogP contribution < -0.4 is 15.5 Å². The minimum Gasteiger partial charge on any atom is -0.359 e. The largest absolute Gasteiger partial charge is 0.359 e. The third kappa shape index (κ3) is 4.43. The molecule has 0 spiro atoms. The molecule has 122 valence electrons. The summed E-state index contributed by atoms with van der Waals surface area (Å²) in [6.45, 7) is 2.13. The third-order valence-electron chi connectivity index (χ3n) is 3.05. The Balaban J connectivity index is 1.71. The van der Waals surface area contributed by atoms with Crippen LogP contribution >= 0.6 is 11.6 Å². The number of amides is 2. The van der Waals surface area contributed by atoms with Crippen molar-refractivity contribution in [2.45, 2.75) is 13.3 Å². The molecule has 0 aliphatic heterocycles. The van der Waals surface area contributed by atoms with Crippen LogP contribution in [0.2, 0.25) is 5.02 Å². The van der Waals surface area contributed by atoms with E-state index in [1.54, 1.807) is 24.3 Å². The molecule has 0 fully saturated rings. The molecule has 2 N–H and O–H groups in total. The molecule has 0 aliphatic rings. The first-order valence-electron chi connectivity index (χ1n) is 6.87. The number of nitrogens with zero attached hydrogens (tertiary/aromatic N) is 2. The van der Waals surface area contributed by atoms with Crippen LogP contribution in [0.1, 0.15) is 33.0 Å². The summed E-state index contributed by atoms with van der Waals surface area (Å²) >= 11 is 5.82. The highest BCUT2D eigenvalue weighted by Gasteiger charge is 2.21. The van der Waals surface area contributed by atoms with Crippen molar-refractivity contribution < 1.29 is 19.1 Å². The Hall–Kier alpha value is -2.61. The third-order valence-corrected chi connectivity index (χ3v) is 3.28. The molecule has 2 rings (SSSR count). The normalized spacial score (nSPS) is 10.3. The number of carbonyl (C=O) groups excluding carboxylic acids is 2. The Morgan fingerprint density at radius 1 is 1.30 bits per heavy atom. The zero-order valence-electron chi connectivity index (χ0n) is 12.3. The maximum absolute atomic E-state index is 11.8. The van der Waals surface area contributed by atoms with Gasteiger partial charge in [0.1, 0.15) is 0 Å². The fraction of sp³-hybridized carbons (Fsp3) is 0.286. The van der Waals surface area contributed by atoms with E-state index >= 15 is 0 Å². The van der Waals surface area contributed by atoms with E-state index in [9.17, 15) is 14.8 Å². The number of nitrogens with one attached hydrogen (secondary N) is 2. The van der Waals surface area contributed by atoms with Gasteiger partial charge in [-0.15, -0.1) is 0 Å². The molecule has 0 atom stereocenters. The molecule has 0 aliphatic carbocycles. The first-order valence-corrected chi connectivity index (χ1v) is 7.25. The lowest BCUT2D eigenvalue weighted by atomic mass is 10.2. The van der Waals surface area contributed by atoms with Gasteiger partial charge in [0.2, 0.25) is 5.69 Å². The Labute approximate surface area is 136 Å². The average Bonchev–Trinajstić information content (AvgIpc) is 2.86. The van der Waals surface area contributed by atoms with Crippen LogP contribution in [0.25, 0.3) is 0 Å². The SMILES string of the molecule is Cc1c(C(=O)NCCCNC(=O)c2cccc(Cl)c2)no[n+]1[O-]. The lowest BCUT2D eigenvalue weighted by molar-refractivity contribution is -0.806. The number of aromatic nitrogens is 2. The van der Waals surface area contributed by atoms with Crippen molar-refractivity contribution in [1.82, 2.24) is 15.8 Å². The van der Waals surface area contributed by atoms with E-state index in [4.69, 9.17) is 11.6 Å². The minimum atomic E-state index is -0.498. The van der Waals surface area contributed by atoms with Crippen LogP contribution in [0, 0.1) is 12.1 Å². The molecular formula is C14H15ClN4O4. The van der Waals surface area contributed by atoms with Crippen LogP contribution in [0.15, 0.2) is 28.9 Å². The first-order chi connectivity index (χ1) is 11.0. The van der Waals surface area contributed by atoms with Crippen molar-refractivity contribution in [3.05, 3.63) is 51.4 Å². The molecule has 1 heterocycles. The zero-order chi connectivity index (χ0) is 16.8. The molecule has 0 saturated heterocycles. The van der Waals surface area contributed by atoms with Crippen molar-refractivity contribution in [1.29, 1.82) is 0 Å². The predicted octanol–water partition coefficient (Wildman–Crippen LogP) is 0.820. The van der Waals surface area contributed by atoms with Gasteiger partial charge in [-0.25, -0.2) is 0 Å². The summed E-state index contributed by atoms with van der Waals surface area (Å²) in [5.74, 6) is -0.736. The lowest BCUT2D eigenvalue weighted by Crippen LogP contribution is -2.32. The van der Waals surface area contributed by atoms with Crippen molar-refractivity contribution in [3.8, 4) is 0 Å². The monoisotopic (exact) mass is 338 g/mol. The first kappa shape index (κ1) is 16.8. The van der Waals surface area contributed by atoms with E-state index in [-0.39, 0.29) is 22.2 Å². The lowest BCUT2D eigenvalue weighted by Gasteiger charge is -2.06. The van der Waals surface area contributed by atoms with Crippen molar-refractivity contribution in [2.75, 3.05) is 13.1 Å². The molecule has 2 amide bonds. The molecule has 1 aromatic carbocycles. The summed E-state index contributed by atoms with van der Waals surface area (Å²) in [5, 5.41) is 20.2. The van der Waals surface area contributed by atoms with Crippen LogP contribution in [-0.4, -0.2) is 30.1 Å². The molecule has 1 aromatic heterocycles. The smallest absolute Gasteiger partial charge is 0.308 e. The topological polar surface area (TPSA) is 111 Å². The molecule has 0 saturated carbocycles. The second-order valence-electron chi connectivity index (χ2n) is 4.74. The zero-order valence-corrected chi connectivity index (χ0v) is 13.1. The highest BCUT2D eigenvalue weighted by molar-refractivity contribution is 6.30. The van der Waals surface area contributed by atoms with Crippen LogP contribution in [0.4, 0.5) is 0 Å². The fourth-order valence-electron chi connectivity index (χ4n) is 1.81. The number of hydrogen-bond acceptors (Lipinski definition) is 5. The van der Waals surface area contributed by atoms with E-state index in [1.807, 2.05) is 0 Å². The van der Waals surface area contributed by atoms with Crippen molar-refractivity contribution in [3.63, 3.8) is 0 Å². The Morgan fingerprint density at radius 2 is 2.00 bits per heavy atom. The van der Waals surface area contributed by atoms with E-state index in [1.165, 1.54) is 6.92 Å². The number of benzene rings is 1. The second-order valence-corrected chi connectivity index (χ2v) is 5.18. The Bertz CT molecular complexity index is 717. The summed E-state index contributed by atoms with van der Waals surface area (Å²) in [7, 11) is 0. The van der Waals surface area contributed by atoms with Gasteiger partial charge in [-0.3, -0.25) is 14.2 Å². The predicted molar refractivity (Wildman–Crippen MR) is 80.9 cm³/mol. The molecule has 0 radical (unpaired) electrons. The van der Waals surface area contributed by atoms with Gasteiger partial charge in [-0.05, 0) is 29.5 Å². The molecular weight excluding hydrogens is 324 g/mol. The molecule has 2 aromatic rings. The molecule has 8 nitrogen and oxygen atoms in total.